The lowest BCUT2D eigenvalue weighted by molar-refractivity contribution is 0.426. The van der Waals surface area contributed by atoms with Crippen LogP contribution in [0.1, 0.15) is 5.56 Å². The average molecular weight is 391 g/mol. The van der Waals surface area contributed by atoms with Crippen LogP contribution in [0.3, 0.4) is 0 Å². The predicted octanol–water partition coefficient (Wildman–Crippen LogP) is 3.26. The van der Waals surface area contributed by atoms with Crippen LogP contribution in [0.4, 0.5) is 0 Å². The first-order chi connectivity index (χ1) is 13.7. The standard InChI is InChI=1S/C19H13N5O3S/c25-15-12-9-20-24(10-11-5-2-1-3-6-11)17(12)22-18(26)14(15)19-21-16(23-27-19)13-7-4-8-28-13/h1-9H,10H2,(H2,22,25,26). The van der Waals surface area contributed by atoms with E-state index in [-0.39, 0.29) is 17.2 Å². The molecule has 0 atom stereocenters. The zero-order valence-corrected chi connectivity index (χ0v) is 15.2. The molecule has 0 aliphatic rings. The summed E-state index contributed by atoms with van der Waals surface area (Å²) in [6.45, 7) is 0.460. The van der Waals surface area contributed by atoms with Crippen LogP contribution in [0.5, 0.6) is 5.75 Å². The van der Waals surface area contributed by atoms with Gasteiger partial charge in [0.2, 0.25) is 5.82 Å². The zero-order valence-electron chi connectivity index (χ0n) is 14.4. The molecule has 0 spiro atoms. The second-order valence-electron chi connectivity index (χ2n) is 6.13. The number of hydrogen-bond acceptors (Lipinski definition) is 7. The smallest absolute Gasteiger partial charge is 0.267 e. The lowest BCUT2D eigenvalue weighted by Gasteiger charge is -2.05. The van der Waals surface area contributed by atoms with Crippen LogP contribution in [0.15, 0.2) is 63.4 Å². The van der Waals surface area contributed by atoms with E-state index in [2.05, 4.69) is 20.2 Å². The number of pyridine rings is 1. The van der Waals surface area contributed by atoms with E-state index < -0.39 is 5.56 Å². The molecule has 0 aliphatic heterocycles. The summed E-state index contributed by atoms with van der Waals surface area (Å²) >= 11 is 1.45. The highest BCUT2D eigenvalue weighted by Crippen LogP contribution is 2.32. The minimum absolute atomic E-state index is 0.0418. The number of aromatic amines is 1. The van der Waals surface area contributed by atoms with Crippen molar-refractivity contribution in [2.45, 2.75) is 6.54 Å². The van der Waals surface area contributed by atoms with Crippen molar-refractivity contribution in [2.24, 2.45) is 0 Å². The molecule has 0 fully saturated rings. The minimum Gasteiger partial charge on any atom is -0.506 e. The Morgan fingerprint density at radius 1 is 1.18 bits per heavy atom. The maximum absolute atomic E-state index is 12.7. The Labute approximate surface area is 161 Å². The van der Waals surface area contributed by atoms with Gasteiger partial charge >= 0.3 is 0 Å². The maximum Gasteiger partial charge on any atom is 0.267 e. The largest absolute Gasteiger partial charge is 0.506 e. The number of thiophene rings is 1. The maximum atomic E-state index is 12.7. The fourth-order valence-electron chi connectivity index (χ4n) is 3.01. The minimum atomic E-state index is -0.527. The summed E-state index contributed by atoms with van der Waals surface area (Å²) in [5.41, 5.74) is 0.853. The van der Waals surface area contributed by atoms with E-state index in [1.165, 1.54) is 17.5 Å². The molecular formula is C19H13N5O3S. The summed E-state index contributed by atoms with van der Waals surface area (Å²) in [4.78, 5) is 20.5. The summed E-state index contributed by atoms with van der Waals surface area (Å²) in [6.07, 6.45) is 1.50. The molecule has 4 heterocycles. The Bertz CT molecular complexity index is 1320. The monoisotopic (exact) mass is 391 g/mol. The molecular weight excluding hydrogens is 378 g/mol. The molecule has 0 aliphatic carbocycles. The quantitative estimate of drug-likeness (QED) is 0.487. The Hall–Kier alpha value is -3.72. The van der Waals surface area contributed by atoms with Crippen LogP contribution < -0.4 is 5.56 Å². The average Bonchev–Trinajstić information content (AvgIpc) is 3.44. The van der Waals surface area contributed by atoms with Gasteiger partial charge in [0.1, 0.15) is 17.0 Å². The Balaban J connectivity index is 1.59. The van der Waals surface area contributed by atoms with Crippen molar-refractivity contribution < 1.29 is 9.63 Å². The van der Waals surface area contributed by atoms with Gasteiger partial charge in [-0.25, -0.2) is 4.68 Å². The lowest BCUT2D eigenvalue weighted by Crippen LogP contribution is -2.12. The van der Waals surface area contributed by atoms with Crippen molar-refractivity contribution in [3.63, 3.8) is 0 Å². The second-order valence-corrected chi connectivity index (χ2v) is 7.08. The Kier molecular flexibility index (Phi) is 3.80. The first-order valence-electron chi connectivity index (χ1n) is 8.43. The van der Waals surface area contributed by atoms with Gasteiger partial charge in [0.25, 0.3) is 11.4 Å². The molecule has 4 aromatic heterocycles. The molecule has 0 amide bonds. The fourth-order valence-corrected chi connectivity index (χ4v) is 3.66. The molecule has 9 heteroatoms. The molecule has 8 nitrogen and oxygen atoms in total. The molecule has 2 N–H and O–H groups in total. The number of nitrogens with zero attached hydrogens (tertiary/aromatic N) is 4. The van der Waals surface area contributed by atoms with Gasteiger partial charge in [-0.15, -0.1) is 11.3 Å². The summed E-state index contributed by atoms with van der Waals surface area (Å²) in [5.74, 6) is 0.0861. The summed E-state index contributed by atoms with van der Waals surface area (Å²) in [5, 5.41) is 21.2. The van der Waals surface area contributed by atoms with Crippen LogP contribution in [0, 0.1) is 0 Å². The van der Waals surface area contributed by atoms with Crippen LogP contribution in [-0.4, -0.2) is 30.0 Å². The van der Waals surface area contributed by atoms with Gasteiger partial charge in [-0.2, -0.15) is 10.1 Å². The van der Waals surface area contributed by atoms with Gasteiger partial charge in [0.15, 0.2) is 0 Å². The third kappa shape index (κ3) is 2.69. The number of hydrogen-bond donors (Lipinski definition) is 2. The van der Waals surface area contributed by atoms with E-state index in [9.17, 15) is 9.90 Å². The third-order valence-corrected chi connectivity index (χ3v) is 5.21. The number of H-pyrrole nitrogens is 1. The summed E-state index contributed by atoms with van der Waals surface area (Å²) < 4.78 is 6.85. The summed E-state index contributed by atoms with van der Waals surface area (Å²) in [6, 6.07) is 13.4. The highest BCUT2D eigenvalue weighted by Gasteiger charge is 2.22. The summed E-state index contributed by atoms with van der Waals surface area (Å²) in [7, 11) is 0. The predicted molar refractivity (Wildman–Crippen MR) is 104 cm³/mol. The molecule has 0 unspecified atom stereocenters. The third-order valence-electron chi connectivity index (χ3n) is 4.35. The van der Waals surface area contributed by atoms with E-state index in [0.29, 0.717) is 23.4 Å². The molecule has 5 aromatic rings. The van der Waals surface area contributed by atoms with Gasteiger partial charge in [-0.05, 0) is 17.0 Å². The highest BCUT2D eigenvalue weighted by atomic mass is 32.1. The normalized spacial score (nSPS) is 11.3. The highest BCUT2D eigenvalue weighted by molar-refractivity contribution is 7.13. The number of nitrogens with one attached hydrogen (secondary N) is 1. The van der Waals surface area contributed by atoms with E-state index in [4.69, 9.17) is 4.52 Å². The number of rotatable bonds is 4. The Morgan fingerprint density at radius 2 is 2.04 bits per heavy atom. The molecule has 1 aromatic carbocycles. The fraction of sp³-hybridized carbons (Fsp3) is 0.0526. The molecule has 0 saturated carbocycles. The first kappa shape index (κ1) is 16.5. The molecule has 0 saturated heterocycles. The van der Waals surface area contributed by atoms with Crippen LogP contribution in [0.2, 0.25) is 0 Å². The van der Waals surface area contributed by atoms with Crippen LogP contribution in [0.25, 0.3) is 33.2 Å². The number of aromatic hydroxyl groups is 1. The number of aromatic nitrogens is 5. The van der Waals surface area contributed by atoms with Gasteiger partial charge < -0.3 is 14.6 Å². The first-order valence-corrected chi connectivity index (χ1v) is 9.31. The number of fused-ring (bicyclic) bond motifs is 1. The molecule has 28 heavy (non-hydrogen) atoms. The van der Waals surface area contributed by atoms with E-state index in [1.54, 1.807) is 4.68 Å². The van der Waals surface area contributed by atoms with Crippen molar-refractivity contribution in [3.8, 4) is 27.9 Å². The molecule has 138 valence electrons. The van der Waals surface area contributed by atoms with E-state index >= 15 is 0 Å². The Morgan fingerprint density at radius 3 is 2.82 bits per heavy atom. The van der Waals surface area contributed by atoms with Crippen molar-refractivity contribution in [3.05, 3.63) is 70.0 Å². The lowest BCUT2D eigenvalue weighted by atomic mass is 10.2. The second kappa shape index (κ2) is 6.46. The molecule has 0 bridgehead atoms. The van der Waals surface area contributed by atoms with Crippen molar-refractivity contribution >= 4 is 22.4 Å². The van der Waals surface area contributed by atoms with Crippen molar-refractivity contribution in [1.29, 1.82) is 0 Å². The van der Waals surface area contributed by atoms with Crippen LogP contribution in [-0.2, 0) is 6.54 Å². The van der Waals surface area contributed by atoms with Gasteiger partial charge in [0.05, 0.1) is 23.0 Å². The van der Waals surface area contributed by atoms with Crippen molar-refractivity contribution in [1.82, 2.24) is 24.9 Å². The molecule has 0 radical (unpaired) electrons. The van der Waals surface area contributed by atoms with Gasteiger partial charge in [-0.1, -0.05) is 41.6 Å². The van der Waals surface area contributed by atoms with Gasteiger partial charge in [-0.3, -0.25) is 4.79 Å². The topological polar surface area (TPSA) is 110 Å². The van der Waals surface area contributed by atoms with Crippen LogP contribution >= 0.6 is 11.3 Å². The van der Waals surface area contributed by atoms with Crippen molar-refractivity contribution in [2.75, 3.05) is 0 Å². The van der Waals surface area contributed by atoms with E-state index in [0.717, 1.165) is 10.4 Å². The zero-order chi connectivity index (χ0) is 19.1. The van der Waals surface area contributed by atoms with Gasteiger partial charge in [0, 0.05) is 0 Å². The number of benzene rings is 1. The SMILES string of the molecule is O=c1[nH]c2c(cnn2Cc2ccccc2)c(O)c1-c1nc(-c2cccs2)no1. The molecule has 5 rings (SSSR count). The van der Waals surface area contributed by atoms with E-state index in [1.807, 2.05) is 47.8 Å².